The summed E-state index contributed by atoms with van der Waals surface area (Å²) in [4.78, 5) is 16.3. The van der Waals surface area contributed by atoms with Gasteiger partial charge in [0.15, 0.2) is 0 Å². The summed E-state index contributed by atoms with van der Waals surface area (Å²) in [6, 6.07) is 12.5. The molecule has 0 aliphatic heterocycles. The van der Waals surface area contributed by atoms with Gasteiger partial charge in [-0.3, -0.25) is 9.78 Å². The van der Waals surface area contributed by atoms with Crippen LogP contribution in [-0.4, -0.2) is 17.5 Å². The number of ether oxygens (including phenoxy) is 1. The summed E-state index contributed by atoms with van der Waals surface area (Å²) in [5.74, 6) is 0.231. The number of amides is 1. The van der Waals surface area contributed by atoms with Crippen LogP contribution in [0.25, 0.3) is 0 Å². The van der Waals surface area contributed by atoms with Crippen molar-refractivity contribution < 1.29 is 9.53 Å². The molecule has 1 heterocycles. The predicted octanol–water partition coefficient (Wildman–Crippen LogP) is 3.25. The third-order valence-corrected chi connectivity index (χ3v) is 3.08. The van der Waals surface area contributed by atoms with Crippen LogP contribution in [0.15, 0.2) is 54.4 Å². The lowest BCUT2D eigenvalue weighted by atomic mass is 10.2. The summed E-state index contributed by atoms with van der Waals surface area (Å²) in [5.41, 5.74) is 2.13. The number of aryl methyl sites for hydroxylation is 1. The maximum absolute atomic E-state index is 12.1. The first-order valence-corrected chi connectivity index (χ1v) is 7.46. The molecule has 2 rings (SSSR count). The van der Waals surface area contributed by atoms with Crippen molar-refractivity contribution >= 4 is 17.3 Å². The molecule has 2 aromatic rings. The molecular weight excluding hydrogens is 304 g/mol. The van der Waals surface area contributed by atoms with Gasteiger partial charge in [0, 0.05) is 17.6 Å². The molecule has 1 aromatic heterocycles. The molecule has 1 aromatic carbocycles. The van der Waals surface area contributed by atoms with Crippen molar-refractivity contribution in [3.05, 3.63) is 60.1 Å². The van der Waals surface area contributed by atoms with E-state index in [1.54, 1.807) is 30.5 Å². The lowest BCUT2D eigenvalue weighted by molar-refractivity contribution is -0.112. The van der Waals surface area contributed by atoms with Crippen LogP contribution in [0.2, 0.25) is 0 Å². The fourth-order valence-corrected chi connectivity index (χ4v) is 1.86. The Balaban J connectivity index is 2.01. The van der Waals surface area contributed by atoms with E-state index >= 15 is 0 Å². The zero-order chi connectivity index (χ0) is 17.4. The number of nitrogens with zero attached hydrogens (tertiary/aromatic N) is 2. The molecule has 24 heavy (non-hydrogen) atoms. The van der Waals surface area contributed by atoms with Crippen LogP contribution in [0.5, 0.6) is 5.75 Å². The van der Waals surface area contributed by atoms with Crippen molar-refractivity contribution in [2.24, 2.45) is 0 Å². The molecule has 6 nitrogen and oxygen atoms in total. The van der Waals surface area contributed by atoms with Gasteiger partial charge in [0.2, 0.25) is 0 Å². The fraction of sp³-hybridized carbons (Fsp3) is 0.167. The number of nitriles is 1. The third-order valence-electron chi connectivity index (χ3n) is 3.08. The van der Waals surface area contributed by atoms with Gasteiger partial charge < -0.3 is 15.4 Å². The quantitative estimate of drug-likeness (QED) is 0.630. The monoisotopic (exact) mass is 322 g/mol. The maximum atomic E-state index is 12.1. The Bertz CT molecular complexity index is 759. The van der Waals surface area contributed by atoms with Crippen LogP contribution in [0.4, 0.5) is 11.4 Å². The number of hydrogen-bond acceptors (Lipinski definition) is 5. The summed E-state index contributed by atoms with van der Waals surface area (Å²) in [7, 11) is 0. The summed E-state index contributed by atoms with van der Waals surface area (Å²) in [6.45, 7) is 4.35. The molecule has 6 heteroatoms. The van der Waals surface area contributed by atoms with Crippen LogP contribution in [0.1, 0.15) is 12.6 Å². The highest BCUT2D eigenvalue weighted by Crippen LogP contribution is 2.16. The van der Waals surface area contributed by atoms with Crippen molar-refractivity contribution in [3.8, 4) is 11.8 Å². The first-order chi connectivity index (χ1) is 11.6. The molecule has 0 aliphatic carbocycles. The van der Waals surface area contributed by atoms with E-state index in [2.05, 4.69) is 15.6 Å². The van der Waals surface area contributed by atoms with Crippen molar-refractivity contribution in [1.29, 1.82) is 5.26 Å². The van der Waals surface area contributed by atoms with Gasteiger partial charge in [-0.2, -0.15) is 5.26 Å². The molecule has 122 valence electrons. The van der Waals surface area contributed by atoms with E-state index in [0.717, 1.165) is 11.4 Å². The summed E-state index contributed by atoms with van der Waals surface area (Å²) in [6.07, 6.45) is 2.99. The van der Waals surface area contributed by atoms with Gasteiger partial charge in [-0.1, -0.05) is 0 Å². The van der Waals surface area contributed by atoms with Crippen LogP contribution in [-0.2, 0) is 4.79 Å². The highest BCUT2D eigenvalue weighted by Gasteiger charge is 2.09. The Hall–Kier alpha value is -3.33. The van der Waals surface area contributed by atoms with Gasteiger partial charge in [-0.15, -0.1) is 0 Å². The Morgan fingerprint density at radius 1 is 1.25 bits per heavy atom. The van der Waals surface area contributed by atoms with E-state index in [0.29, 0.717) is 18.0 Å². The topological polar surface area (TPSA) is 87.0 Å². The smallest absolute Gasteiger partial charge is 0.267 e. The average Bonchev–Trinajstić information content (AvgIpc) is 2.59. The number of pyridine rings is 1. The third kappa shape index (κ3) is 4.85. The van der Waals surface area contributed by atoms with E-state index in [1.807, 2.05) is 32.0 Å². The Morgan fingerprint density at radius 2 is 1.96 bits per heavy atom. The molecule has 0 saturated heterocycles. The van der Waals surface area contributed by atoms with Gasteiger partial charge in [0.1, 0.15) is 17.4 Å². The van der Waals surface area contributed by atoms with Crippen LogP contribution >= 0.6 is 0 Å². The second-order valence-electron chi connectivity index (χ2n) is 4.91. The highest BCUT2D eigenvalue weighted by molar-refractivity contribution is 6.06. The van der Waals surface area contributed by atoms with Gasteiger partial charge in [0.05, 0.1) is 18.5 Å². The van der Waals surface area contributed by atoms with Gasteiger partial charge in [0.25, 0.3) is 5.91 Å². The molecule has 0 radical (unpaired) electrons. The molecule has 0 saturated carbocycles. The van der Waals surface area contributed by atoms with Gasteiger partial charge in [-0.05, 0) is 50.2 Å². The Kier molecular flexibility index (Phi) is 5.92. The van der Waals surface area contributed by atoms with Gasteiger partial charge >= 0.3 is 0 Å². The number of carbonyl (C=O) groups is 1. The Labute approximate surface area is 140 Å². The van der Waals surface area contributed by atoms with Crippen LogP contribution in [0, 0.1) is 18.3 Å². The first-order valence-electron chi connectivity index (χ1n) is 7.46. The van der Waals surface area contributed by atoms with E-state index in [-0.39, 0.29) is 5.57 Å². The van der Waals surface area contributed by atoms with E-state index in [9.17, 15) is 4.79 Å². The van der Waals surface area contributed by atoms with Gasteiger partial charge in [-0.25, -0.2) is 0 Å². The average molecular weight is 322 g/mol. The SMILES string of the molecule is CCOc1ccc(NC(=O)/C(C#N)=C\Nc2ccc(C)nc2)cc1. The summed E-state index contributed by atoms with van der Waals surface area (Å²) < 4.78 is 5.34. The number of anilines is 2. The predicted molar refractivity (Wildman–Crippen MR) is 92.5 cm³/mol. The fourth-order valence-electron chi connectivity index (χ4n) is 1.86. The largest absolute Gasteiger partial charge is 0.494 e. The zero-order valence-electron chi connectivity index (χ0n) is 13.5. The number of rotatable bonds is 6. The van der Waals surface area contributed by atoms with Crippen LogP contribution in [0.3, 0.4) is 0 Å². The molecule has 1 amide bonds. The number of benzene rings is 1. The van der Waals surface area contributed by atoms with E-state index < -0.39 is 5.91 Å². The van der Waals surface area contributed by atoms with Crippen molar-refractivity contribution in [2.45, 2.75) is 13.8 Å². The number of hydrogen-bond donors (Lipinski definition) is 2. The second-order valence-corrected chi connectivity index (χ2v) is 4.91. The minimum Gasteiger partial charge on any atom is -0.494 e. The number of nitrogens with one attached hydrogen (secondary N) is 2. The minimum absolute atomic E-state index is 0.0375. The molecule has 0 aliphatic rings. The highest BCUT2D eigenvalue weighted by atomic mass is 16.5. The molecular formula is C18H18N4O2. The minimum atomic E-state index is -0.491. The maximum Gasteiger partial charge on any atom is 0.267 e. The standard InChI is InChI=1S/C18H18N4O2/c1-3-24-17-8-6-15(7-9-17)22-18(23)14(10-19)11-21-16-5-4-13(2)20-12-16/h4-9,11-12,21H,3H2,1-2H3,(H,22,23)/b14-11-. The van der Waals surface area contributed by atoms with E-state index in [4.69, 9.17) is 10.00 Å². The first kappa shape index (κ1) is 17.0. The zero-order valence-corrected chi connectivity index (χ0v) is 13.5. The normalized spacial score (nSPS) is 10.6. The molecule has 0 atom stereocenters. The molecule has 2 N–H and O–H groups in total. The van der Waals surface area contributed by atoms with Crippen molar-refractivity contribution in [1.82, 2.24) is 4.98 Å². The molecule has 0 bridgehead atoms. The summed E-state index contributed by atoms with van der Waals surface area (Å²) >= 11 is 0. The Morgan fingerprint density at radius 3 is 2.54 bits per heavy atom. The van der Waals surface area contributed by atoms with E-state index in [1.165, 1.54) is 6.20 Å². The number of aromatic nitrogens is 1. The molecule has 0 unspecified atom stereocenters. The second kappa shape index (κ2) is 8.34. The molecule has 0 spiro atoms. The van der Waals surface area contributed by atoms with Crippen molar-refractivity contribution in [2.75, 3.05) is 17.2 Å². The number of carbonyl (C=O) groups excluding carboxylic acids is 1. The molecule has 0 fully saturated rings. The van der Waals surface area contributed by atoms with Crippen LogP contribution < -0.4 is 15.4 Å². The lowest BCUT2D eigenvalue weighted by Crippen LogP contribution is -2.14. The lowest BCUT2D eigenvalue weighted by Gasteiger charge is -2.07. The summed E-state index contributed by atoms with van der Waals surface area (Å²) in [5, 5.41) is 14.7. The van der Waals surface area contributed by atoms with Crippen molar-refractivity contribution in [3.63, 3.8) is 0 Å².